The smallest absolute Gasteiger partial charge is 0.260 e. The van der Waals surface area contributed by atoms with Crippen LogP contribution in [0.3, 0.4) is 0 Å². The van der Waals surface area contributed by atoms with Crippen LogP contribution in [-0.2, 0) is 0 Å². The lowest BCUT2D eigenvalue weighted by atomic mass is 9.89. The number of carbonyl (C=O) groups excluding carboxylic acids is 2. The van der Waals surface area contributed by atoms with Gasteiger partial charge in [0.1, 0.15) is 5.56 Å². The number of likely N-dealkylation sites (tertiary alicyclic amines) is 1. The molecule has 0 unspecified atom stereocenters. The molecule has 1 N–H and O–H groups in total. The van der Waals surface area contributed by atoms with Gasteiger partial charge >= 0.3 is 0 Å². The Morgan fingerprint density at radius 2 is 1.96 bits per heavy atom. The first-order valence-electron chi connectivity index (χ1n) is 8.96. The molecule has 0 aliphatic carbocycles. The van der Waals surface area contributed by atoms with Crippen LogP contribution in [0.15, 0.2) is 35.1 Å². The van der Waals surface area contributed by atoms with E-state index in [2.05, 4.69) is 4.98 Å². The molecule has 2 aromatic rings. The van der Waals surface area contributed by atoms with Crippen LogP contribution < -0.4 is 15.0 Å². The Morgan fingerprint density at radius 3 is 2.78 bits per heavy atom. The molecule has 1 fully saturated rings. The summed E-state index contributed by atoms with van der Waals surface area (Å²) in [5.41, 5.74) is 0.957. The van der Waals surface area contributed by atoms with Gasteiger partial charge in [0.2, 0.25) is 6.79 Å². The van der Waals surface area contributed by atoms with E-state index < -0.39 is 5.56 Å². The number of H-pyrrole nitrogens is 1. The van der Waals surface area contributed by atoms with Crippen LogP contribution in [0.5, 0.6) is 11.5 Å². The molecule has 140 valence electrons. The molecule has 1 aromatic heterocycles. The predicted octanol–water partition coefficient (Wildman–Crippen LogP) is 2.15. The van der Waals surface area contributed by atoms with Gasteiger partial charge in [-0.2, -0.15) is 0 Å². The van der Waals surface area contributed by atoms with Gasteiger partial charge in [-0.15, -0.1) is 0 Å². The minimum absolute atomic E-state index is 0.0244. The molecule has 1 atom stereocenters. The summed E-state index contributed by atoms with van der Waals surface area (Å²) in [6.45, 7) is 2.76. The van der Waals surface area contributed by atoms with Crippen LogP contribution in [0.2, 0.25) is 0 Å². The number of aromatic amines is 1. The minimum atomic E-state index is -0.399. The molecule has 4 rings (SSSR count). The maximum atomic E-state index is 12.9. The lowest BCUT2D eigenvalue weighted by Crippen LogP contribution is -2.43. The van der Waals surface area contributed by atoms with Crippen LogP contribution in [0.4, 0.5) is 0 Å². The van der Waals surface area contributed by atoms with Crippen molar-refractivity contribution in [3.05, 3.63) is 57.5 Å². The summed E-state index contributed by atoms with van der Waals surface area (Å²) in [6.07, 6.45) is 1.43. The van der Waals surface area contributed by atoms with E-state index in [-0.39, 0.29) is 30.0 Å². The summed E-state index contributed by atoms with van der Waals surface area (Å²) in [7, 11) is 0. The third-order valence-electron chi connectivity index (χ3n) is 5.02. The number of piperidine rings is 1. The van der Waals surface area contributed by atoms with Crippen molar-refractivity contribution in [3.8, 4) is 11.5 Å². The Kier molecular flexibility index (Phi) is 4.43. The summed E-state index contributed by atoms with van der Waals surface area (Å²) < 4.78 is 10.6. The highest BCUT2D eigenvalue weighted by Crippen LogP contribution is 2.34. The summed E-state index contributed by atoms with van der Waals surface area (Å²) in [6, 6.07) is 8.39. The first-order chi connectivity index (χ1) is 13.0. The molecule has 0 radical (unpaired) electrons. The zero-order chi connectivity index (χ0) is 19.0. The summed E-state index contributed by atoms with van der Waals surface area (Å²) in [5.74, 6) is 0.539. The number of fused-ring (bicyclic) bond motifs is 1. The number of pyridine rings is 1. The summed E-state index contributed by atoms with van der Waals surface area (Å²) in [4.78, 5) is 42.0. The molecular weight excluding hydrogens is 348 g/mol. The number of hydrogen-bond donors (Lipinski definition) is 1. The maximum absolute atomic E-state index is 12.9. The number of nitrogens with one attached hydrogen (secondary N) is 1. The molecule has 0 saturated carbocycles. The molecule has 1 amide bonds. The van der Waals surface area contributed by atoms with E-state index in [1.54, 1.807) is 42.2 Å². The predicted molar refractivity (Wildman–Crippen MR) is 97.3 cm³/mol. The topological polar surface area (TPSA) is 88.7 Å². The van der Waals surface area contributed by atoms with Gasteiger partial charge in [-0.25, -0.2) is 0 Å². The van der Waals surface area contributed by atoms with E-state index in [9.17, 15) is 14.4 Å². The fourth-order valence-corrected chi connectivity index (χ4v) is 3.57. The highest BCUT2D eigenvalue weighted by Gasteiger charge is 2.31. The van der Waals surface area contributed by atoms with E-state index in [0.29, 0.717) is 42.3 Å². The van der Waals surface area contributed by atoms with Crippen molar-refractivity contribution in [1.29, 1.82) is 0 Å². The average molecular weight is 368 g/mol. The van der Waals surface area contributed by atoms with Gasteiger partial charge in [-0.05, 0) is 50.1 Å². The standard InChI is InChI=1S/C20H20N2O5/c1-12-4-6-15(19(24)21-12)20(25)22-8-2-3-14(10-22)18(23)13-5-7-16-17(9-13)27-11-26-16/h4-7,9,14H,2-3,8,10-11H2,1H3,(H,21,24)/t14-/m0/s1. The number of hydrogen-bond acceptors (Lipinski definition) is 5. The number of nitrogens with zero attached hydrogens (tertiary/aromatic N) is 1. The van der Waals surface area contributed by atoms with Crippen molar-refractivity contribution in [3.63, 3.8) is 0 Å². The van der Waals surface area contributed by atoms with Crippen LogP contribution in [0, 0.1) is 12.8 Å². The maximum Gasteiger partial charge on any atom is 0.260 e. The molecule has 0 bridgehead atoms. The average Bonchev–Trinajstić information content (AvgIpc) is 3.15. The Balaban J connectivity index is 1.51. The van der Waals surface area contributed by atoms with E-state index in [4.69, 9.17) is 9.47 Å². The third-order valence-corrected chi connectivity index (χ3v) is 5.02. The number of rotatable bonds is 3. The molecule has 2 aliphatic heterocycles. The molecule has 27 heavy (non-hydrogen) atoms. The number of amides is 1. The van der Waals surface area contributed by atoms with Gasteiger partial charge in [0.15, 0.2) is 17.3 Å². The van der Waals surface area contributed by atoms with Gasteiger partial charge in [-0.3, -0.25) is 14.4 Å². The van der Waals surface area contributed by atoms with Crippen molar-refractivity contribution >= 4 is 11.7 Å². The lowest BCUT2D eigenvalue weighted by molar-refractivity contribution is 0.0635. The molecular formula is C20H20N2O5. The lowest BCUT2D eigenvalue weighted by Gasteiger charge is -2.32. The second kappa shape index (κ2) is 6.90. The first kappa shape index (κ1) is 17.3. The van der Waals surface area contributed by atoms with Crippen molar-refractivity contribution in [1.82, 2.24) is 9.88 Å². The number of aromatic nitrogens is 1. The van der Waals surface area contributed by atoms with Gasteiger partial charge in [-0.1, -0.05) is 0 Å². The normalized spacial score (nSPS) is 18.4. The Hall–Kier alpha value is -3.09. The third kappa shape index (κ3) is 3.32. The summed E-state index contributed by atoms with van der Waals surface area (Å²) >= 11 is 0. The van der Waals surface area contributed by atoms with Crippen LogP contribution in [-0.4, -0.2) is 41.5 Å². The van der Waals surface area contributed by atoms with E-state index in [1.807, 2.05) is 0 Å². The molecule has 3 heterocycles. The number of ether oxygens (including phenoxy) is 2. The van der Waals surface area contributed by atoms with E-state index in [1.165, 1.54) is 0 Å². The van der Waals surface area contributed by atoms with Crippen LogP contribution in [0.25, 0.3) is 0 Å². The zero-order valence-corrected chi connectivity index (χ0v) is 15.0. The highest BCUT2D eigenvalue weighted by atomic mass is 16.7. The largest absolute Gasteiger partial charge is 0.454 e. The molecule has 0 spiro atoms. The monoisotopic (exact) mass is 368 g/mol. The Morgan fingerprint density at radius 1 is 1.15 bits per heavy atom. The Bertz CT molecular complexity index is 965. The van der Waals surface area contributed by atoms with Crippen LogP contribution in [0.1, 0.15) is 39.3 Å². The molecule has 1 saturated heterocycles. The van der Waals surface area contributed by atoms with E-state index in [0.717, 1.165) is 6.42 Å². The molecule has 2 aliphatic rings. The number of Topliss-reactive ketones (excluding diaryl/α,β-unsaturated/α-hetero) is 1. The quantitative estimate of drug-likeness (QED) is 0.839. The number of benzene rings is 1. The second-order valence-corrected chi connectivity index (χ2v) is 6.91. The van der Waals surface area contributed by atoms with Gasteiger partial charge in [0.05, 0.1) is 0 Å². The number of ketones is 1. The van der Waals surface area contributed by atoms with Crippen molar-refractivity contribution in [2.24, 2.45) is 5.92 Å². The van der Waals surface area contributed by atoms with Gasteiger partial charge in [0.25, 0.3) is 11.5 Å². The van der Waals surface area contributed by atoms with Crippen molar-refractivity contribution in [2.45, 2.75) is 19.8 Å². The fraction of sp³-hybridized carbons (Fsp3) is 0.350. The SMILES string of the molecule is Cc1ccc(C(=O)N2CCC[C@H](C(=O)c3ccc4c(c3)OCO4)C2)c(=O)[nH]1. The zero-order valence-electron chi connectivity index (χ0n) is 15.0. The minimum Gasteiger partial charge on any atom is -0.454 e. The van der Waals surface area contributed by atoms with Crippen molar-refractivity contribution < 1.29 is 19.1 Å². The van der Waals surface area contributed by atoms with Crippen LogP contribution >= 0.6 is 0 Å². The van der Waals surface area contributed by atoms with E-state index >= 15 is 0 Å². The second-order valence-electron chi connectivity index (χ2n) is 6.91. The number of carbonyl (C=O) groups is 2. The molecule has 1 aromatic carbocycles. The molecule has 7 heteroatoms. The molecule has 7 nitrogen and oxygen atoms in total. The van der Waals surface area contributed by atoms with Crippen molar-refractivity contribution in [2.75, 3.05) is 19.9 Å². The Labute approximate surface area is 155 Å². The van der Waals surface area contributed by atoms with Gasteiger partial charge < -0.3 is 19.4 Å². The fourth-order valence-electron chi connectivity index (χ4n) is 3.57. The first-order valence-corrected chi connectivity index (χ1v) is 8.96. The summed E-state index contributed by atoms with van der Waals surface area (Å²) in [5, 5.41) is 0. The number of aryl methyl sites for hydroxylation is 1. The highest BCUT2D eigenvalue weighted by molar-refractivity contribution is 5.99. The van der Waals surface area contributed by atoms with Gasteiger partial charge in [0, 0.05) is 30.3 Å².